The molecule has 1 aromatic carbocycles. The number of hydrogen-bond donors (Lipinski definition) is 1. The average molecular weight is 281 g/mol. The van der Waals surface area contributed by atoms with Gasteiger partial charge in [-0.05, 0) is 24.6 Å². The molecular formula is C9H10F3N3O2S. The van der Waals surface area contributed by atoms with E-state index in [2.05, 4.69) is 4.98 Å². The molecule has 0 aliphatic heterocycles. The van der Waals surface area contributed by atoms with Crippen LogP contribution in [0.1, 0.15) is 5.56 Å². The van der Waals surface area contributed by atoms with Gasteiger partial charge in [-0.1, -0.05) is 6.07 Å². The van der Waals surface area contributed by atoms with Gasteiger partial charge in [0.25, 0.3) is 0 Å². The van der Waals surface area contributed by atoms with Gasteiger partial charge < -0.3 is 0 Å². The molecule has 0 amide bonds. The molecule has 0 unspecified atom stereocenters. The van der Waals surface area contributed by atoms with Crippen LogP contribution in [-0.4, -0.2) is 24.3 Å². The van der Waals surface area contributed by atoms with Gasteiger partial charge in [-0.25, -0.2) is 18.9 Å². The van der Waals surface area contributed by atoms with E-state index in [1.165, 1.54) is 12.1 Å². The summed E-state index contributed by atoms with van der Waals surface area (Å²) < 4.78 is 55.1. The highest BCUT2D eigenvalue weighted by atomic mass is 32.2. The minimum absolute atomic E-state index is 0.148. The second kappa shape index (κ2) is 5.36. The lowest BCUT2D eigenvalue weighted by atomic mass is 10.2. The molecule has 0 saturated heterocycles. The maximum Gasteiger partial charge on any atom is 0.306 e. The Bertz CT molecular complexity index is 654. The van der Waals surface area contributed by atoms with Crippen LogP contribution in [0.5, 0.6) is 0 Å². The van der Waals surface area contributed by atoms with Crippen molar-refractivity contribution in [3.05, 3.63) is 29.8 Å². The van der Waals surface area contributed by atoms with Gasteiger partial charge in [-0.3, -0.25) is 0 Å². The summed E-state index contributed by atoms with van der Waals surface area (Å²) in [5.74, 6) is 0. The predicted molar refractivity (Wildman–Crippen MR) is 60.0 cm³/mol. The molecule has 0 saturated carbocycles. The van der Waals surface area contributed by atoms with Gasteiger partial charge in [0.1, 0.15) is 0 Å². The topological polar surface area (TPSA) is 78.0 Å². The second-order valence-electron chi connectivity index (χ2n) is 3.28. The van der Waals surface area contributed by atoms with Crippen LogP contribution in [0, 0.1) is 13.0 Å². The SMILES string of the molecule is Cc1ccc2nc(F)n(S(N)(=O)=O)c2c1.FCF. The molecule has 18 heavy (non-hydrogen) atoms. The Hall–Kier alpha value is -1.61. The van der Waals surface area contributed by atoms with Crippen LogP contribution in [0.15, 0.2) is 18.2 Å². The van der Waals surface area contributed by atoms with Crippen molar-refractivity contribution in [1.82, 2.24) is 8.96 Å². The van der Waals surface area contributed by atoms with Crippen molar-refractivity contribution in [1.29, 1.82) is 0 Å². The number of fused-ring (bicyclic) bond motifs is 1. The van der Waals surface area contributed by atoms with E-state index in [-0.39, 0.29) is 11.0 Å². The minimum atomic E-state index is -4.15. The van der Waals surface area contributed by atoms with Crippen molar-refractivity contribution in [3.63, 3.8) is 0 Å². The van der Waals surface area contributed by atoms with Crippen LogP contribution in [0.25, 0.3) is 11.0 Å². The maximum atomic E-state index is 13.2. The van der Waals surface area contributed by atoms with Crippen molar-refractivity contribution >= 4 is 21.2 Å². The van der Waals surface area contributed by atoms with Crippen LogP contribution in [0.4, 0.5) is 13.2 Å². The van der Waals surface area contributed by atoms with E-state index in [1.807, 2.05) is 0 Å². The van der Waals surface area contributed by atoms with Crippen LogP contribution >= 0.6 is 0 Å². The zero-order valence-corrected chi connectivity index (χ0v) is 10.1. The minimum Gasteiger partial charge on any atom is -0.214 e. The Morgan fingerprint density at radius 1 is 1.39 bits per heavy atom. The summed E-state index contributed by atoms with van der Waals surface area (Å²) in [5, 5.41) is 4.87. The van der Waals surface area contributed by atoms with Gasteiger partial charge in [0.05, 0.1) is 11.0 Å². The number of halogens is 3. The number of nitrogens with two attached hydrogens (primary N) is 1. The van der Waals surface area contributed by atoms with E-state index in [1.54, 1.807) is 13.0 Å². The Kier molecular flexibility index (Phi) is 4.30. The van der Waals surface area contributed by atoms with Gasteiger partial charge in [-0.15, -0.1) is 0 Å². The van der Waals surface area contributed by atoms with Crippen molar-refractivity contribution in [2.24, 2.45) is 5.14 Å². The van der Waals surface area contributed by atoms with Gasteiger partial charge in [0.15, 0.2) is 0 Å². The van der Waals surface area contributed by atoms with Crippen LogP contribution in [0.2, 0.25) is 0 Å². The molecule has 0 aliphatic rings. The normalized spacial score (nSPS) is 11.2. The van der Waals surface area contributed by atoms with Gasteiger partial charge in [0.2, 0.25) is 6.93 Å². The highest BCUT2D eigenvalue weighted by Gasteiger charge is 2.18. The first-order valence-electron chi connectivity index (χ1n) is 4.61. The average Bonchev–Trinajstić information content (AvgIpc) is 2.53. The fourth-order valence-corrected chi connectivity index (χ4v) is 2.05. The molecule has 0 aliphatic carbocycles. The van der Waals surface area contributed by atoms with E-state index in [9.17, 15) is 21.6 Å². The number of aromatic nitrogens is 2. The second-order valence-corrected chi connectivity index (χ2v) is 4.68. The van der Waals surface area contributed by atoms with Crippen LogP contribution in [0.3, 0.4) is 0 Å². The summed E-state index contributed by atoms with van der Waals surface area (Å²) in [6, 6.07) is 4.76. The van der Waals surface area contributed by atoms with E-state index in [0.29, 0.717) is 3.97 Å². The van der Waals surface area contributed by atoms with E-state index in [4.69, 9.17) is 5.14 Å². The first kappa shape index (κ1) is 14.5. The first-order valence-corrected chi connectivity index (χ1v) is 6.11. The third kappa shape index (κ3) is 2.99. The Morgan fingerprint density at radius 2 is 1.94 bits per heavy atom. The molecule has 2 N–H and O–H groups in total. The van der Waals surface area contributed by atoms with E-state index in [0.717, 1.165) is 5.56 Å². The molecule has 2 rings (SSSR count). The summed E-state index contributed by atoms with van der Waals surface area (Å²) >= 11 is 0. The Morgan fingerprint density at radius 3 is 2.44 bits per heavy atom. The number of alkyl halides is 2. The maximum absolute atomic E-state index is 13.2. The quantitative estimate of drug-likeness (QED) is 0.858. The molecule has 0 spiro atoms. The van der Waals surface area contributed by atoms with Crippen LogP contribution < -0.4 is 5.14 Å². The smallest absolute Gasteiger partial charge is 0.214 e. The molecule has 5 nitrogen and oxygen atoms in total. The van der Waals surface area contributed by atoms with E-state index < -0.39 is 23.2 Å². The fraction of sp³-hybridized carbons (Fsp3) is 0.222. The molecular weight excluding hydrogens is 271 g/mol. The third-order valence-corrected chi connectivity index (χ3v) is 2.84. The largest absolute Gasteiger partial charge is 0.306 e. The lowest BCUT2D eigenvalue weighted by Gasteiger charge is -2.00. The predicted octanol–water partition coefficient (Wildman–Crippen LogP) is 1.42. The zero-order chi connectivity index (χ0) is 13.9. The molecule has 1 aromatic heterocycles. The summed E-state index contributed by atoms with van der Waals surface area (Å²) in [5.41, 5.74) is 1.20. The van der Waals surface area contributed by atoms with Gasteiger partial charge >= 0.3 is 16.3 Å². The van der Waals surface area contributed by atoms with Gasteiger partial charge in [0, 0.05) is 0 Å². The Balaban J connectivity index is 0.000000492. The van der Waals surface area contributed by atoms with E-state index >= 15 is 0 Å². The lowest BCUT2D eigenvalue weighted by molar-refractivity contribution is 0.295. The van der Waals surface area contributed by atoms with Crippen molar-refractivity contribution in [2.75, 3.05) is 6.93 Å². The molecule has 0 fully saturated rings. The summed E-state index contributed by atoms with van der Waals surface area (Å²) in [6.45, 7) is 0.0117. The number of hydrogen-bond acceptors (Lipinski definition) is 3. The molecule has 0 atom stereocenters. The molecule has 1 heterocycles. The number of aryl methyl sites for hydroxylation is 1. The molecule has 2 aromatic rings. The molecule has 0 radical (unpaired) electrons. The number of nitrogens with zero attached hydrogens (tertiary/aromatic N) is 2. The lowest BCUT2D eigenvalue weighted by Crippen LogP contribution is -2.23. The Labute approximate surface area is 101 Å². The van der Waals surface area contributed by atoms with Crippen molar-refractivity contribution in [3.8, 4) is 0 Å². The standard InChI is InChI=1S/C8H8FN3O2S.CH2F2/c1-5-2-3-6-7(4-5)12(8(9)11-6)15(10,13)14;2-1-3/h2-4H,1H3,(H2,10,13,14);1H2. The number of rotatable bonds is 1. The number of imidazole rings is 1. The van der Waals surface area contributed by atoms with Crippen molar-refractivity contribution < 1.29 is 21.6 Å². The highest BCUT2D eigenvalue weighted by Crippen LogP contribution is 2.17. The first-order chi connectivity index (χ1) is 8.31. The highest BCUT2D eigenvalue weighted by molar-refractivity contribution is 7.87. The number of benzene rings is 1. The molecule has 9 heteroatoms. The summed E-state index contributed by atoms with van der Waals surface area (Å²) in [7, 11) is -4.15. The van der Waals surface area contributed by atoms with Crippen molar-refractivity contribution in [2.45, 2.75) is 6.92 Å². The zero-order valence-electron chi connectivity index (χ0n) is 9.27. The monoisotopic (exact) mass is 281 g/mol. The fourth-order valence-electron chi connectivity index (χ4n) is 1.38. The molecule has 100 valence electrons. The van der Waals surface area contributed by atoms with Gasteiger partial charge in [-0.2, -0.15) is 16.8 Å². The molecule has 0 bridgehead atoms. The third-order valence-electron chi connectivity index (χ3n) is 1.98. The summed E-state index contributed by atoms with van der Waals surface area (Å²) in [6.07, 6.45) is -1.13. The summed E-state index contributed by atoms with van der Waals surface area (Å²) in [4.78, 5) is 3.46. The van der Waals surface area contributed by atoms with Crippen LogP contribution in [-0.2, 0) is 10.2 Å².